The Morgan fingerprint density at radius 3 is 2.64 bits per heavy atom. The smallest absolute Gasteiger partial charge is 0.0595 e. The maximum atomic E-state index is 8.83. The minimum Gasteiger partial charge on any atom is -0.395 e. The molecule has 0 aromatic carbocycles. The maximum absolute atomic E-state index is 8.83. The van der Waals surface area contributed by atoms with Crippen molar-refractivity contribution in [3.8, 4) is 0 Å². The number of nitrogens with two attached hydrogens (primary N) is 1. The SMILES string of the molecule is COCC1CCN(CC(N)CO)CC1. The molecule has 0 aliphatic carbocycles. The molecule has 0 aromatic rings. The number of ether oxygens (including phenoxy) is 1. The molecule has 3 N–H and O–H groups in total. The molecule has 14 heavy (non-hydrogen) atoms. The van der Waals surface area contributed by atoms with Crippen LogP contribution >= 0.6 is 0 Å². The van der Waals surface area contributed by atoms with Gasteiger partial charge in [0.25, 0.3) is 0 Å². The van der Waals surface area contributed by atoms with E-state index in [1.54, 1.807) is 7.11 Å². The predicted molar refractivity (Wildman–Crippen MR) is 56.1 cm³/mol. The summed E-state index contributed by atoms with van der Waals surface area (Å²) in [6, 6.07) is -0.0889. The molecule has 0 aromatic heterocycles. The first-order valence-corrected chi connectivity index (χ1v) is 5.34. The first-order valence-electron chi connectivity index (χ1n) is 5.34. The second-order valence-corrected chi connectivity index (χ2v) is 4.14. The van der Waals surface area contributed by atoms with Gasteiger partial charge in [-0.15, -0.1) is 0 Å². The highest BCUT2D eigenvalue weighted by Crippen LogP contribution is 2.16. The van der Waals surface area contributed by atoms with Crippen LogP contribution in [-0.4, -0.2) is 56.0 Å². The lowest BCUT2D eigenvalue weighted by atomic mass is 9.97. The van der Waals surface area contributed by atoms with Gasteiger partial charge in [-0.05, 0) is 31.8 Å². The summed E-state index contributed by atoms with van der Waals surface area (Å²) in [4.78, 5) is 2.33. The number of aliphatic hydroxyl groups excluding tert-OH is 1. The monoisotopic (exact) mass is 202 g/mol. The number of hydrogen-bond acceptors (Lipinski definition) is 4. The molecule has 0 bridgehead atoms. The van der Waals surface area contributed by atoms with Crippen LogP contribution in [0.1, 0.15) is 12.8 Å². The van der Waals surface area contributed by atoms with Crippen LogP contribution in [0.2, 0.25) is 0 Å². The van der Waals surface area contributed by atoms with Gasteiger partial charge in [0, 0.05) is 26.3 Å². The Morgan fingerprint density at radius 2 is 2.14 bits per heavy atom. The highest BCUT2D eigenvalue weighted by Gasteiger charge is 2.19. The van der Waals surface area contributed by atoms with E-state index in [2.05, 4.69) is 4.90 Å². The fourth-order valence-electron chi connectivity index (χ4n) is 1.96. The van der Waals surface area contributed by atoms with Gasteiger partial charge in [-0.2, -0.15) is 0 Å². The fourth-order valence-corrected chi connectivity index (χ4v) is 1.96. The minimum absolute atomic E-state index is 0.0813. The van der Waals surface area contributed by atoms with Crippen molar-refractivity contribution in [1.29, 1.82) is 0 Å². The maximum Gasteiger partial charge on any atom is 0.0595 e. The third kappa shape index (κ3) is 3.92. The molecule has 1 aliphatic rings. The van der Waals surface area contributed by atoms with Crippen molar-refractivity contribution < 1.29 is 9.84 Å². The van der Waals surface area contributed by atoms with E-state index in [0.717, 1.165) is 26.2 Å². The highest BCUT2D eigenvalue weighted by atomic mass is 16.5. The number of likely N-dealkylation sites (tertiary alicyclic amines) is 1. The lowest BCUT2D eigenvalue weighted by Gasteiger charge is -2.32. The number of methoxy groups -OCH3 is 1. The lowest BCUT2D eigenvalue weighted by Crippen LogP contribution is -2.43. The fraction of sp³-hybridized carbons (Fsp3) is 1.00. The van der Waals surface area contributed by atoms with Gasteiger partial charge in [-0.25, -0.2) is 0 Å². The van der Waals surface area contributed by atoms with E-state index in [-0.39, 0.29) is 12.6 Å². The number of nitrogens with zero attached hydrogens (tertiary/aromatic N) is 1. The third-order valence-corrected chi connectivity index (χ3v) is 2.84. The van der Waals surface area contributed by atoms with Gasteiger partial charge in [-0.3, -0.25) is 0 Å². The van der Waals surface area contributed by atoms with Crippen LogP contribution in [-0.2, 0) is 4.74 Å². The van der Waals surface area contributed by atoms with E-state index in [1.807, 2.05) is 0 Å². The number of aliphatic hydroxyl groups is 1. The molecule has 0 spiro atoms. The van der Waals surface area contributed by atoms with Crippen molar-refractivity contribution in [2.45, 2.75) is 18.9 Å². The van der Waals surface area contributed by atoms with Crippen LogP contribution in [0.15, 0.2) is 0 Å². The van der Waals surface area contributed by atoms with Gasteiger partial charge in [0.15, 0.2) is 0 Å². The van der Waals surface area contributed by atoms with Crippen LogP contribution < -0.4 is 5.73 Å². The normalized spacial score (nSPS) is 22.5. The Kier molecular flexibility index (Phi) is 5.40. The minimum atomic E-state index is -0.0889. The molecule has 0 saturated carbocycles. The average Bonchev–Trinajstić information content (AvgIpc) is 2.21. The largest absolute Gasteiger partial charge is 0.395 e. The summed E-state index contributed by atoms with van der Waals surface area (Å²) < 4.78 is 5.14. The first kappa shape index (κ1) is 11.9. The molecular formula is C10H22N2O2. The zero-order chi connectivity index (χ0) is 10.4. The van der Waals surface area contributed by atoms with Crippen molar-refractivity contribution >= 4 is 0 Å². The zero-order valence-electron chi connectivity index (χ0n) is 8.98. The van der Waals surface area contributed by atoms with E-state index >= 15 is 0 Å². The summed E-state index contributed by atoms with van der Waals surface area (Å²) >= 11 is 0. The number of piperidine rings is 1. The summed E-state index contributed by atoms with van der Waals surface area (Å²) in [6.45, 7) is 3.94. The molecular weight excluding hydrogens is 180 g/mol. The molecule has 0 radical (unpaired) electrons. The van der Waals surface area contributed by atoms with Crippen molar-refractivity contribution in [2.75, 3.05) is 40.0 Å². The molecule has 1 aliphatic heterocycles. The van der Waals surface area contributed by atoms with E-state index in [1.165, 1.54) is 12.8 Å². The van der Waals surface area contributed by atoms with Gasteiger partial charge in [0.2, 0.25) is 0 Å². The van der Waals surface area contributed by atoms with Crippen molar-refractivity contribution in [1.82, 2.24) is 4.90 Å². The number of rotatable bonds is 5. The standard InChI is InChI=1S/C10H22N2O2/c1-14-8-9-2-4-12(5-3-9)6-10(11)7-13/h9-10,13H,2-8,11H2,1H3. The molecule has 4 nitrogen and oxygen atoms in total. The van der Waals surface area contributed by atoms with Gasteiger partial charge < -0.3 is 20.5 Å². The summed E-state index contributed by atoms with van der Waals surface area (Å²) in [5.74, 6) is 0.710. The lowest BCUT2D eigenvalue weighted by molar-refractivity contribution is 0.0930. The van der Waals surface area contributed by atoms with E-state index in [0.29, 0.717) is 5.92 Å². The Hall–Kier alpha value is -0.160. The second-order valence-electron chi connectivity index (χ2n) is 4.14. The van der Waals surface area contributed by atoms with Crippen LogP contribution in [0.3, 0.4) is 0 Å². The molecule has 1 atom stereocenters. The van der Waals surface area contributed by atoms with E-state index in [9.17, 15) is 0 Å². The van der Waals surface area contributed by atoms with Gasteiger partial charge >= 0.3 is 0 Å². The van der Waals surface area contributed by atoms with Crippen molar-refractivity contribution in [2.24, 2.45) is 11.7 Å². The van der Waals surface area contributed by atoms with Crippen LogP contribution in [0, 0.1) is 5.92 Å². The molecule has 1 fully saturated rings. The Bertz CT molecular complexity index is 147. The summed E-state index contributed by atoms with van der Waals surface area (Å²) in [7, 11) is 1.76. The second kappa shape index (κ2) is 6.35. The van der Waals surface area contributed by atoms with Gasteiger partial charge in [0.05, 0.1) is 6.61 Å². The summed E-state index contributed by atoms with van der Waals surface area (Å²) in [6.07, 6.45) is 2.37. The Labute approximate surface area is 86.0 Å². The first-order chi connectivity index (χ1) is 6.76. The third-order valence-electron chi connectivity index (χ3n) is 2.84. The van der Waals surface area contributed by atoms with Crippen molar-refractivity contribution in [3.63, 3.8) is 0 Å². The highest BCUT2D eigenvalue weighted by molar-refractivity contribution is 4.75. The van der Waals surface area contributed by atoms with Crippen LogP contribution in [0.4, 0.5) is 0 Å². The Balaban J connectivity index is 2.15. The van der Waals surface area contributed by atoms with Gasteiger partial charge in [-0.1, -0.05) is 0 Å². The molecule has 84 valence electrons. The van der Waals surface area contributed by atoms with Crippen LogP contribution in [0.25, 0.3) is 0 Å². The van der Waals surface area contributed by atoms with Crippen molar-refractivity contribution in [3.05, 3.63) is 0 Å². The predicted octanol–water partition coefficient (Wildman–Crippen LogP) is -0.336. The van der Waals surface area contributed by atoms with E-state index in [4.69, 9.17) is 15.6 Å². The number of hydrogen-bond donors (Lipinski definition) is 2. The molecule has 1 saturated heterocycles. The van der Waals surface area contributed by atoms with E-state index < -0.39 is 0 Å². The Morgan fingerprint density at radius 1 is 1.50 bits per heavy atom. The average molecular weight is 202 g/mol. The molecule has 1 rings (SSSR count). The molecule has 1 unspecified atom stereocenters. The topological polar surface area (TPSA) is 58.7 Å². The molecule has 1 heterocycles. The molecule has 4 heteroatoms. The quantitative estimate of drug-likeness (QED) is 0.640. The van der Waals surface area contributed by atoms with Gasteiger partial charge in [0.1, 0.15) is 0 Å². The zero-order valence-corrected chi connectivity index (χ0v) is 8.98. The summed E-state index contributed by atoms with van der Waals surface area (Å²) in [5.41, 5.74) is 5.68. The summed E-state index contributed by atoms with van der Waals surface area (Å²) in [5, 5.41) is 8.83. The van der Waals surface area contributed by atoms with Crippen LogP contribution in [0.5, 0.6) is 0 Å². The molecule has 0 amide bonds.